The highest BCUT2D eigenvalue weighted by Crippen LogP contribution is 2.22. The highest BCUT2D eigenvalue weighted by molar-refractivity contribution is 5.76. The topological polar surface area (TPSA) is 59.1 Å². The normalized spacial score (nSPS) is 24.2. The molecule has 3 atom stereocenters. The summed E-state index contributed by atoms with van der Waals surface area (Å²) in [6, 6.07) is -0.283. The van der Waals surface area contributed by atoms with E-state index in [2.05, 4.69) is 4.90 Å². The number of piperazine rings is 1. The lowest BCUT2D eigenvalue weighted by Gasteiger charge is -2.46. The molecule has 6 heteroatoms. The minimum absolute atomic E-state index is 0.0166. The van der Waals surface area contributed by atoms with Crippen molar-refractivity contribution in [3.8, 4) is 0 Å². The Labute approximate surface area is 140 Å². The Kier molecular flexibility index (Phi) is 6.86. The molecular weight excluding hydrogens is 296 g/mol. The Hall–Kier alpha value is -1.30. The Bertz CT molecular complexity index is 407. The quantitative estimate of drug-likeness (QED) is 0.743. The van der Waals surface area contributed by atoms with Crippen molar-refractivity contribution in [3.05, 3.63) is 0 Å². The second-order valence-electron chi connectivity index (χ2n) is 7.22. The summed E-state index contributed by atoms with van der Waals surface area (Å²) in [5, 5.41) is 0. The number of carbonyl (C=O) groups is 2. The maximum absolute atomic E-state index is 12.4. The molecule has 1 rings (SSSR count). The lowest BCUT2D eigenvalue weighted by Crippen LogP contribution is -2.62. The van der Waals surface area contributed by atoms with Crippen molar-refractivity contribution in [3.63, 3.8) is 0 Å². The summed E-state index contributed by atoms with van der Waals surface area (Å²) in [5.74, 6) is -0.180. The van der Waals surface area contributed by atoms with Gasteiger partial charge >= 0.3 is 12.1 Å². The van der Waals surface area contributed by atoms with E-state index in [0.29, 0.717) is 26.1 Å². The molecule has 0 radical (unpaired) electrons. The van der Waals surface area contributed by atoms with Crippen LogP contribution in [0, 0.1) is 0 Å². The molecule has 134 valence electrons. The summed E-state index contributed by atoms with van der Waals surface area (Å²) in [7, 11) is 0. The van der Waals surface area contributed by atoms with Gasteiger partial charge in [0.2, 0.25) is 0 Å². The highest BCUT2D eigenvalue weighted by Gasteiger charge is 2.39. The molecule has 1 unspecified atom stereocenters. The largest absolute Gasteiger partial charge is 0.465 e. The first-order valence-corrected chi connectivity index (χ1v) is 8.52. The van der Waals surface area contributed by atoms with E-state index in [1.807, 2.05) is 48.5 Å². The third-order valence-electron chi connectivity index (χ3n) is 3.94. The van der Waals surface area contributed by atoms with Gasteiger partial charge in [-0.3, -0.25) is 9.69 Å². The molecule has 1 fully saturated rings. The van der Waals surface area contributed by atoms with Crippen LogP contribution in [0.4, 0.5) is 4.79 Å². The van der Waals surface area contributed by atoms with Crippen molar-refractivity contribution in [2.75, 3.05) is 19.7 Å². The summed E-state index contributed by atoms with van der Waals surface area (Å²) >= 11 is 0. The van der Waals surface area contributed by atoms with E-state index >= 15 is 0 Å². The fourth-order valence-electron chi connectivity index (χ4n) is 3.11. The van der Waals surface area contributed by atoms with Gasteiger partial charge in [0.15, 0.2) is 0 Å². The lowest BCUT2D eigenvalue weighted by molar-refractivity contribution is -0.151. The van der Waals surface area contributed by atoms with E-state index < -0.39 is 5.60 Å². The zero-order valence-corrected chi connectivity index (χ0v) is 15.6. The van der Waals surface area contributed by atoms with Gasteiger partial charge in [-0.15, -0.1) is 0 Å². The lowest BCUT2D eigenvalue weighted by atomic mass is 10.0. The molecule has 1 amide bonds. The van der Waals surface area contributed by atoms with Crippen molar-refractivity contribution < 1.29 is 19.1 Å². The standard InChI is InChI=1S/C17H32N2O4/c1-8-14(15(20)22-9-2)18-10-12(3)19(13(4)11-18)16(21)23-17(5,6)7/h12-14H,8-11H2,1-7H3/t12-,13-,14?/m1/s1. The summed E-state index contributed by atoms with van der Waals surface area (Å²) in [5.41, 5.74) is -0.509. The summed E-state index contributed by atoms with van der Waals surface area (Å²) in [6.45, 7) is 15.0. The van der Waals surface area contributed by atoms with E-state index in [4.69, 9.17) is 9.47 Å². The van der Waals surface area contributed by atoms with Gasteiger partial charge in [-0.25, -0.2) is 4.79 Å². The van der Waals surface area contributed by atoms with Gasteiger partial charge in [-0.2, -0.15) is 0 Å². The van der Waals surface area contributed by atoms with Crippen molar-refractivity contribution in [2.24, 2.45) is 0 Å². The second-order valence-corrected chi connectivity index (χ2v) is 7.22. The van der Waals surface area contributed by atoms with Crippen molar-refractivity contribution in [2.45, 2.75) is 78.6 Å². The third kappa shape index (κ3) is 5.37. The molecule has 1 heterocycles. The average molecular weight is 328 g/mol. The maximum Gasteiger partial charge on any atom is 0.410 e. The zero-order chi connectivity index (χ0) is 17.8. The molecule has 0 bridgehead atoms. The number of rotatable bonds is 4. The smallest absolute Gasteiger partial charge is 0.410 e. The Morgan fingerprint density at radius 2 is 1.65 bits per heavy atom. The number of nitrogens with zero attached hydrogens (tertiary/aromatic N) is 2. The van der Waals surface area contributed by atoms with Crippen LogP contribution in [-0.2, 0) is 14.3 Å². The van der Waals surface area contributed by atoms with Gasteiger partial charge in [0.25, 0.3) is 0 Å². The minimum Gasteiger partial charge on any atom is -0.465 e. The number of hydrogen-bond acceptors (Lipinski definition) is 5. The first-order valence-electron chi connectivity index (χ1n) is 8.52. The maximum atomic E-state index is 12.4. The molecular formula is C17H32N2O4. The fourth-order valence-corrected chi connectivity index (χ4v) is 3.11. The fraction of sp³-hybridized carbons (Fsp3) is 0.882. The van der Waals surface area contributed by atoms with E-state index in [1.165, 1.54) is 0 Å². The second kappa shape index (κ2) is 7.99. The highest BCUT2D eigenvalue weighted by atomic mass is 16.6. The molecule has 0 aromatic rings. The summed E-state index contributed by atoms with van der Waals surface area (Å²) < 4.78 is 10.7. The molecule has 0 aromatic heterocycles. The van der Waals surface area contributed by atoms with E-state index in [-0.39, 0.29) is 30.2 Å². The van der Waals surface area contributed by atoms with Gasteiger partial charge in [0.1, 0.15) is 11.6 Å². The van der Waals surface area contributed by atoms with Crippen LogP contribution >= 0.6 is 0 Å². The molecule has 23 heavy (non-hydrogen) atoms. The number of esters is 1. The first kappa shape index (κ1) is 19.7. The van der Waals surface area contributed by atoms with Crippen LogP contribution < -0.4 is 0 Å². The molecule has 1 aliphatic rings. The predicted molar refractivity (Wildman–Crippen MR) is 89.3 cm³/mol. The third-order valence-corrected chi connectivity index (χ3v) is 3.94. The predicted octanol–water partition coefficient (Wildman–Crippen LogP) is 2.66. The van der Waals surface area contributed by atoms with E-state index in [9.17, 15) is 9.59 Å². The SMILES string of the molecule is CCOC(=O)C(CC)N1C[C@@H](C)N(C(=O)OC(C)(C)C)[C@H](C)C1. The molecule has 0 aromatic carbocycles. The van der Waals surface area contributed by atoms with Gasteiger partial charge in [0.05, 0.1) is 6.61 Å². The minimum atomic E-state index is -0.509. The summed E-state index contributed by atoms with van der Waals surface area (Å²) in [4.78, 5) is 28.4. The van der Waals surface area contributed by atoms with Crippen LogP contribution in [-0.4, -0.2) is 65.3 Å². The number of carbonyl (C=O) groups excluding carboxylic acids is 2. The average Bonchev–Trinajstić information content (AvgIpc) is 2.36. The van der Waals surface area contributed by atoms with Gasteiger partial charge in [-0.05, 0) is 48.0 Å². The van der Waals surface area contributed by atoms with Crippen molar-refractivity contribution >= 4 is 12.1 Å². The van der Waals surface area contributed by atoms with Crippen LogP contribution in [0.15, 0.2) is 0 Å². The Balaban J connectivity index is 2.79. The molecule has 6 nitrogen and oxygen atoms in total. The van der Waals surface area contributed by atoms with E-state index in [0.717, 1.165) is 0 Å². The Morgan fingerprint density at radius 3 is 2.04 bits per heavy atom. The van der Waals surface area contributed by atoms with E-state index in [1.54, 1.807) is 4.90 Å². The number of amides is 1. The Morgan fingerprint density at radius 1 is 1.13 bits per heavy atom. The molecule has 0 spiro atoms. The van der Waals surface area contributed by atoms with Gasteiger partial charge in [-0.1, -0.05) is 6.92 Å². The van der Waals surface area contributed by atoms with Crippen LogP contribution in [0.2, 0.25) is 0 Å². The molecule has 0 aliphatic carbocycles. The number of ether oxygens (including phenoxy) is 2. The molecule has 0 N–H and O–H groups in total. The summed E-state index contributed by atoms with van der Waals surface area (Å²) in [6.07, 6.45) is 0.409. The van der Waals surface area contributed by atoms with Crippen LogP contribution in [0.3, 0.4) is 0 Å². The van der Waals surface area contributed by atoms with Crippen LogP contribution in [0.1, 0.15) is 54.9 Å². The number of hydrogen-bond donors (Lipinski definition) is 0. The first-order chi connectivity index (χ1) is 10.6. The van der Waals surface area contributed by atoms with Crippen molar-refractivity contribution in [1.29, 1.82) is 0 Å². The van der Waals surface area contributed by atoms with Gasteiger partial charge < -0.3 is 14.4 Å². The molecule has 1 aliphatic heterocycles. The zero-order valence-electron chi connectivity index (χ0n) is 15.6. The monoisotopic (exact) mass is 328 g/mol. The molecule has 1 saturated heterocycles. The van der Waals surface area contributed by atoms with Crippen LogP contribution in [0.5, 0.6) is 0 Å². The van der Waals surface area contributed by atoms with Crippen molar-refractivity contribution in [1.82, 2.24) is 9.80 Å². The van der Waals surface area contributed by atoms with Crippen LogP contribution in [0.25, 0.3) is 0 Å². The molecule has 0 saturated carbocycles. The van der Waals surface area contributed by atoms with Gasteiger partial charge in [0, 0.05) is 25.2 Å².